The number of methoxy groups -OCH3 is 1. The van der Waals surface area contributed by atoms with Gasteiger partial charge in [-0.05, 0) is 18.1 Å². The molecule has 2 amide bonds. The summed E-state index contributed by atoms with van der Waals surface area (Å²) in [5, 5.41) is 9.14. The molecule has 1 saturated heterocycles. The normalized spacial score (nSPS) is 21.2. The number of hydrogen-bond acceptors (Lipinski definition) is 3. The van der Waals surface area contributed by atoms with Crippen LogP contribution >= 0.6 is 0 Å². The number of likely N-dealkylation sites (tertiary alicyclic amines) is 1. The van der Waals surface area contributed by atoms with E-state index in [0.29, 0.717) is 18.0 Å². The number of benzene rings is 1. The van der Waals surface area contributed by atoms with E-state index in [1.807, 2.05) is 19.1 Å². The Kier molecular flexibility index (Phi) is 4.35. The number of carbonyl (C=O) groups excluding carboxylic acids is 1. The van der Waals surface area contributed by atoms with Gasteiger partial charge in [0, 0.05) is 31.9 Å². The molecule has 1 heterocycles. The van der Waals surface area contributed by atoms with Crippen LogP contribution in [0.15, 0.2) is 24.3 Å². The largest absolute Gasteiger partial charge is 0.497 e. The molecule has 114 valence electrons. The molecule has 1 aromatic carbocycles. The molecule has 2 atom stereocenters. The summed E-state index contributed by atoms with van der Waals surface area (Å²) in [5.74, 6) is -0.704. The molecular weight excluding hydrogens is 272 g/mol. The Hall–Kier alpha value is -2.24. The molecule has 0 bridgehead atoms. The summed E-state index contributed by atoms with van der Waals surface area (Å²) in [6.07, 6.45) is 0. The van der Waals surface area contributed by atoms with Crippen molar-refractivity contribution in [3.63, 3.8) is 0 Å². The highest BCUT2D eigenvalue weighted by Gasteiger charge is 2.38. The Bertz CT molecular complexity index is 546. The van der Waals surface area contributed by atoms with Gasteiger partial charge >= 0.3 is 12.0 Å². The zero-order chi connectivity index (χ0) is 15.6. The van der Waals surface area contributed by atoms with E-state index in [1.54, 1.807) is 31.2 Å². The maximum absolute atomic E-state index is 12.5. The first-order chi connectivity index (χ1) is 9.93. The van der Waals surface area contributed by atoms with Crippen molar-refractivity contribution in [3.8, 4) is 5.75 Å². The van der Waals surface area contributed by atoms with Crippen LogP contribution in [-0.4, -0.2) is 49.3 Å². The van der Waals surface area contributed by atoms with Crippen LogP contribution in [0.3, 0.4) is 0 Å². The van der Waals surface area contributed by atoms with Crippen LogP contribution in [0.2, 0.25) is 0 Å². The molecule has 1 N–H and O–H groups in total. The summed E-state index contributed by atoms with van der Waals surface area (Å²) in [6.45, 7) is 2.57. The van der Waals surface area contributed by atoms with Crippen molar-refractivity contribution in [1.82, 2.24) is 4.90 Å². The highest BCUT2D eigenvalue weighted by atomic mass is 16.5. The third-order valence-corrected chi connectivity index (χ3v) is 3.93. The SMILES string of the molecule is COc1cccc(N(C)C(=O)N2C[C@@H](C)[C@H](C(=O)O)C2)c1. The fraction of sp³-hybridized carbons (Fsp3) is 0.467. The van der Waals surface area contributed by atoms with Crippen molar-refractivity contribution < 1.29 is 19.4 Å². The molecule has 0 aliphatic carbocycles. The van der Waals surface area contributed by atoms with Gasteiger partial charge < -0.3 is 14.7 Å². The van der Waals surface area contributed by atoms with Gasteiger partial charge in [-0.15, -0.1) is 0 Å². The van der Waals surface area contributed by atoms with Crippen LogP contribution in [0.4, 0.5) is 10.5 Å². The number of urea groups is 1. The summed E-state index contributed by atoms with van der Waals surface area (Å²) >= 11 is 0. The zero-order valence-corrected chi connectivity index (χ0v) is 12.4. The third-order valence-electron chi connectivity index (χ3n) is 3.93. The molecule has 0 aromatic heterocycles. The lowest BCUT2D eigenvalue weighted by atomic mass is 9.99. The first kappa shape index (κ1) is 15.2. The number of anilines is 1. The number of aliphatic carboxylic acids is 1. The molecule has 2 rings (SSSR count). The molecule has 0 unspecified atom stereocenters. The molecular formula is C15H20N2O4. The van der Waals surface area contributed by atoms with Gasteiger partial charge in [0.2, 0.25) is 0 Å². The number of ether oxygens (including phenoxy) is 1. The number of nitrogens with zero attached hydrogens (tertiary/aromatic N) is 2. The molecule has 0 radical (unpaired) electrons. The van der Waals surface area contributed by atoms with Gasteiger partial charge in [-0.2, -0.15) is 0 Å². The quantitative estimate of drug-likeness (QED) is 0.923. The van der Waals surface area contributed by atoms with Gasteiger partial charge in [-0.1, -0.05) is 13.0 Å². The molecule has 6 heteroatoms. The first-order valence-corrected chi connectivity index (χ1v) is 6.83. The van der Waals surface area contributed by atoms with E-state index in [1.165, 1.54) is 4.90 Å². The van der Waals surface area contributed by atoms with Crippen molar-refractivity contribution >= 4 is 17.7 Å². The number of amides is 2. The third kappa shape index (κ3) is 3.09. The molecule has 0 spiro atoms. The molecule has 1 aliphatic heterocycles. The van der Waals surface area contributed by atoms with E-state index in [9.17, 15) is 9.59 Å². The lowest BCUT2D eigenvalue weighted by Crippen LogP contribution is -2.40. The monoisotopic (exact) mass is 292 g/mol. The minimum Gasteiger partial charge on any atom is -0.497 e. The summed E-state index contributed by atoms with van der Waals surface area (Å²) < 4.78 is 5.15. The van der Waals surface area contributed by atoms with E-state index in [-0.39, 0.29) is 18.5 Å². The van der Waals surface area contributed by atoms with Crippen LogP contribution in [0.5, 0.6) is 5.75 Å². The Morgan fingerprint density at radius 2 is 2.10 bits per heavy atom. The van der Waals surface area contributed by atoms with Crippen molar-refractivity contribution in [1.29, 1.82) is 0 Å². The van der Waals surface area contributed by atoms with Gasteiger partial charge in [-0.25, -0.2) is 4.79 Å². The van der Waals surface area contributed by atoms with Gasteiger partial charge in [0.25, 0.3) is 0 Å². The highest BCUT2D eigenvalue weighted by Crippen LogP contribution is 2.26. The van der Waals surface area contributed by atoms with Crippen LogP contribution < -0.4 is 9.64 Å². The minimum atomic E-state index is -0.846. The van der Waals surface area contributed by atoms with Gasteiger partial charge in [0.1, 0.15) is 5.75 Å². The van der Waals surface area contributed by atoms with E-state index in [0.717, 1.165) is 0 Å². The Morgan fingerprint density at radius 3 is 2.67 bits per heavy atom. The Labute approximate surface area is 123 Å². The predicted molar refractivity (Wildman–Crippen MR) is 78.7 cm³/mol. The minimum absolute atomic E-state index is 0.0369. The van der Waals surface area contributed by atoms with Crippen LogP contribution in [-0.2, 0) is 4.79 Å². The van der Waals surface area contributed by atoms with Crippen molar-refractivity contribution in [2.24, 2.45) is 11.8 Å². The van der Waals surface area contributed by atoms with Crippen LogP contribution in [0.1, 0.15) is 6.92 Å². The van der Waals surface area contributed by atoms with Crippen molar-refractivity contribution in [2.45, 2.75) is 6.92 Å². The predicted octanol–water partition coefficient (Wildman–Crippen LogP) is 1.90. The standard InChI is InChI=1S/C15H20N2O4/c1-10-8-17(9-13(10)14(18)19)15(20)16(2)11-5-4-6-12(7-11)21-3/h4-7,10,13H,8-9H2,1-3H3,(H,18,19)/t10-,13-/m1/s1. The summed E-state index contributed by atoms with van der Waals surface area (Å²) in [5.41, 5.74) is 0.714. The molecule has 21 heavy (non-hydrogen) atoms. The molecule has 1 fully saturated rings. The number of carboxylic acids is 1. The number of carboxylic acid groups (broad SMARTS) is 1. The van der Waals surface area contributed by atoms with Crippen LogP contribution in [0.25, 0.3) is 0 Å². The smallest absolute Gasteiger partial charge is 0.324 e. The first-order valence-electron chi connectivity index (χ1n) is 6.83. The van der Waals surface area contributed by atoms with E-state index in [4.69, 9.17) is 9.84 Å². The molecule has 1 aromatic rings. The summed E-state index contributed by atoms with van der Waals surface area (Å²) in [7, 11) is 3.25. The Morgan fingerprint density at radius 1 is 1.38 bits per heavy atom. The van der Waals surface area contributed by atoms with Gasteiger partial charge in [-0.3, -0.25) is 9.69 Å². The highest BCUT2D eigenvalue weighted by molar-refractivity contribution is 5.92. The summed E-state index contributed by atoms with van der Waals surface area (Å²) in [4.78, 5) is 26.7. The lowest BCUT2D eigenvalue weighted by Gasteiger charge is -2.25. The van der Waals surface area contributed by atoms with Crippen molar-refractivity contribution in [3.05, 3.63) is 24.3 Å². The van der Waals surface area contributed by atoms with E-state index >= 15 is 0 Å². The molecule has 1 aliphatic rings. The summed E-state index contributed by atoms with van der Waals surface area (Å²) in [6, 6.07) is 7.00. The molecule has 6 nitrogen and oxygen atoms in total. The fourth-order valence-electron chi connectivity index (χ4n) is 2.59. The molecule has 0 saturated carbocycles. The topological polar surface area (TPSA) is 70.1 Å². The van der Waals surface area contributed by atoms with Crippen LogP contribution in [0, 0.1) is 11.8 Å². The second-order valence-corrected chi connectivity index (χ2v) is 5.37. The maximum Gasteiger partial charge on any atom is 0.324 e. The average molecular weight is 292 g/mol. The zero-order valence-electron chi connectivity index (χ0n) is 12.4. The Balaban J connectivity index is 2.11. The fourth-order valence-corrected chi connectivity index (χ4v) is 2.59. The van der Waals surface area contributed by atoms with E-state index in [2.05, 4.69) is 0 Å². The average Bonchev–Trinajstić information content (AvgIpc) is 2.88. The van der Waals surface area contributed by atoms with Crippen molar-refractivity contribution in [2.75, 3.05) is 32.1 Å². The van der Waals surface area contributed by atoms with Gasteiger partial charge in [0.05, 0.1) is 13.0 Å². The lowest BCUT2D eigenvalue weighted by molar-refractivity contribution is -0.142. The second-order valence-electron chi connectivity index (χ2n) is 5.37. The number of rotatable bonds is 3. The van der Waals surface area contributed by atoms with E-state index < -0.39 is 11.9 Å². The van der Waals surface area contributed by atoms with Gasteiger partial charge in [0.15, 0.2) is 0 Å². The number of carbonyl (C=O) groups is 2. The number of hydrogen-bond donors (Lipinski definition) is 1. The maximum atomic E-state index is 12.5. The second kappa shape index (κ2) is 6.03.